The smallest absolute Gasteiger partial charge is 0.311 e. The molecule has 0 fully saturated rings. The van der Waals surface area contributed by atoms with Crippen LogP contribution in [0.5, 0.6) is 11.5 Å². The Bertz CT molecular complexity index is 1110. The van der Waals surface area contributed by atoms with Crippen molar-refractivity contribution in [2.75, 3.05) is 7.11 Å². The van der Waals surface area contributed by atoms with Crippen molar-refractivity contribution < 1.29 is 23.6 Å². The third kappa shape index (κ3) is 5.29. The van der Waals surface area contributed by atoms with Gasteiger partial charge in [0.2, 0.25) is 5.75 Å². The molecule has 0 radical (unpaired) electrons. The van der Waals surface area contributed by atoms with Gasteiger partial charge >= 0.3 is 5.97 Å². The zero-order valence-electron chi connectivity index (χ0n) is 18.8. The molecule has 0 spiro atoms. The number of aromatic nitrogens is 3. The van der Waals surface area contributed by atoms with Crippen molar-refractivity contribution in [3.05, 3.63) is 53.1 Å². The van der Waals surface area contributed by atoms with Crippen molar-refractivity contribution in [1.29, 1.82) is 0 Å². The maximum atomic E-state index is 12.9. The summed E-state index contributed by atoms with van der Waals surface area (Å²) < 4.78 is 16.0. The van der Waals surface area contributed by atoms with E-state index in [1.165, 1.54) is 19.4 Å². The van der Waals surface area contributed by atoms with Gasteiger partial charge in [-0.1, -0.05) is 29.3 Å². The highest BCUT2D eigenvalue weighted by Gasteiger charge is 2.24. The summed E-state index contributed by atoms with van der Waals surface area (Å²) in [6.45, 7) is 7.55. The van der Waals surface area contributed by atoms with Crippen molar-refractivity contribution in [3.63, 3.8) is 0 Å². The van der Waals surface area contributed by atoms with Crippen molar-refractivity contribution in [2.45, 2.75) is 46.6 Å². The molecule has 1 atom stereocenters. The third-order valence-corrected chi connectivity index (χ3v) is 4.62. The molecule has 2 heterocycles. The van der Waals surface area contributed by atoms with Crippen LogP contribution in [0.4, 0.5) is 0 Å². The van der Waals surface area contributed by atoms with Crippen LogP contribution in [0.2, 0.25) is 0 Å². The fourth-order valence-electron chi connectivity index (χ4n) is 3.18. The number of methoxy groups -OCH3 is 1. The van der Waals surface area contributed by atoms with E-state index in [0.29, 0.717) is 18.1 Å². The molecule has 32 heavy (non-hydrogen) atoms. The lowest BCUT2D eigenvalue weighted by Gasteiger charge is -2.14. The zero-order chi connectivity index (χ0) is 23.3. The second kappa shape index (κ2) is 10.0. The number of carbonyl (C=O) groups is 2. The lowest BCUT2D eigenvalue weighted by molar-refractivity contribution is -0.134. The van der Waals surface area contributed by atoms with Gasteiger partial charge in [-0.2, -0.15) is 4.98 Å². The molecular weight excluding hydrogens is 412 g/mol. The molecule has 0 aliphatic rings. The summed E-state index contributed by atoms with van der Waals surface area (Å²) in [4.78, 5) is 33.4. The largest absolute Gasteiger partial charge is 0.493 e. The predicted molar refractivity (Wildman–Crippen MR) is 116 cm³/mol. The topological polar surface area (TPSA) is 116 Å². The van der Waals surface area contributed by atoms with Gasteiger partial charge < -0.3 is 19.3 Å². The number of hydrogen-bond donors (Lipinski definition) is 1. The molecule has 1 aromatic carbocycles. The molecule has 3 rings (SSSR count). The summed E-state index contributed by atoms with van der Waals surface area (Å²) >= 11 is 0. The third-order valence-electron chi connectivity index (χ3n) is 4.62. The zero-order valence-corrected chi connectivity index (χ0v) is 18.8. The van der Waals surface area contributed by atoms with Gasteiger partial charge in [0.05, 0.1) is 13.2 Å². The van der Waals surface area contributed by atoms with Gasteiger partial charge in [0, 0.05) is 24.2 Å². The summed E-state index contributed by atoms with van der Waals surface area (Å²) in [5, 5.41) is 6.76. The summed E-state index contributed by atoms with van der Waals surface area (Å²) in [6, 6.07) is 6.88. The minimum absolute atomic E-state index is 0.0258. The molecule has 0 saturated heterocycles. The number of nitrogens with one attached hydrogen (secondary N) is 1. The van der Waals surface area contributed by atoms with Crippen LogP contribution in [0.15, 0.2) is 35.0 Å². The average molecular weight is 438 g/mol. The van der Waals surface area contributed by atoms with Crippen LogP contribution >= 0.6 is 0 Å². The molecular formula is C23H26N4O5. The highest BCUT2D eigenvalue weighted by Crippen LogP contribution is 2.30. The molecule has 0 aliphatic carbocycles. The van der Waals surface area contributed by atoms with Crippen molar-refractivity contribution in [2.24, 2.45) is 0 Å². The lowest BCUT2D eigenvalue weighted by atomic mass is 10.1. The van der Waals surface area contributed by atoms with E-state index in [1.807, 2.05) is 32.9 Å². The molecule has 0 aliphatic heterocycles. The van der Waals surface area contributed by atoms with Gasteiger partial charge in [0.15, 0.2) is 17.3 Å². The molecule has 9 nitrogen and oxygen atoms in total. The SMILES string of the molecule is CCCC(=O)Oc1c(OC)ccnc1C(=O)N[C@@H](C)c1noc(-c2cc(C)cc(C)c2)n1. The van der Waals surface area contributed by atoms with Crippen LogP contribution in [-0.2, 0) is 4.79 Å². The number of rotatable bonds is 8. The maximum Gasteiger partial charge on any atom is 0.311 e. The maximum absolute atomic E-state index is 12.9. The average Bonchev–Trinajstić information content (AvgIpc) is 3.24. The number of esters is 1. The van der Waals surface area contributed by atoms with Gasteiger partial charge in [0.25, 0.3) is 11.8 Å². The first-order chi connectivity index (χ1) is 15.3. The molecule has 0 bridgehead atoms. The van der Waals surface area contributed by atoms with E-state index in [9.17, 15) is 9.59 Å². The minimum atomic E-state index is -0.585. The van der Waals surface area contributed by atoms with Crippen molar-refractivity contribution in [3.8, 4) is 23.0 Å². The summed E-state index contributed by atoms with van der Waals surface area (Å²) in [5.74, 6) is -0.159. The molecule has 2 aromatic heterocycles. The van der Waals surface area contributed by atoms with E-state index in [2.05, 4.69) is 26.5 Å². The molecule has 1 amide bonds. The van der Waals surface area contributed by atoms with E-state index < -0.39 is 17.9 Å². The molecule has 9 heteroatoms. The lowest BCUT2D eigenvalue weighted by Crippen LogP contribution is -2.29. The minimum Gasteiger partial charge on any atom is -0.493 e. The van der Waals surface area contributed by atoms with Crippen LogP contribution in [0.3, 0.4) is 0 Å². The number of carbonyl (C=O) groups excluding carboxylic acids is 2. The fourth-order valence-corrected chi connectivity index (χ4v) is 3.18. The normalized spacial score (nSPS) is 11.7. The van der Waals surface area contributed by atoms with E-state index in [1.54, 1.807) is 6.92 Å². The van der Waals surface area contributed by atoms with Crippen LogP contribution < -0.4 is 14.8 Å². The van der Waals surface area contributed by atoms with Gasteiger partial charge in [-0.15, -0.1) is 0 Å². The van der Waals surface area contributed by atoms with Crippen LogP contribution in [0.25, 0.3) is 11.5 Å². The van der Waals surface area contributed by atoms with Gasteiger partial charge in [0.1, 0.15) is 0 Å². The first-order valence-corrected chi connectivity index (χ1v) is 10.3. The molecule has 3 aromatic rings. The number of benzene rings is 1. The first kappa shape index (κ1) is 22.9. The van der Waals surface area contributed by atoms with Crippen molar-refractivity contribution >= 4 is 11.9 Å². The van der Waals surface area contributed by atoms with E-state index in [4.69, 9.17) is 14.0 Å². The van der Waals surface area contributed by atoms with E-state index in [-0.39, 0.29) is 23.6 Å². The predicted octanol–water partition coefficient (Wildman–Crippen LogP) is 3.95. The number of aryl methyl sites for hydroxylation is 2. The van der Waals surface area contributed by atoms with Gasteiger partial charge in [-0.05, 0) is 39.3 Å². The molecule has 168 valence electrons. The molecule has 0 saturated carbocycles. The number of amides is 1. The van der Waals surface area contributed by atoms with Crippen LogP contribution in [0.1, 0.15) is 60.2 Å². The Morgan fingerprint density at radius 1 is 1.19 bits per heavy atom. The van der Waals surface area contributed by atoms with Gasteiger partial charge in [-0.3, -0.25) is 9.59 Å². The Labute approximate surface area is 186 Å². The first-order valence-electron chi connectivity index (χ1n) is 10.3. The highest BCUT2D eigenvalue weighted by molar-refractivity contribution is 5.96. The van der Waals surface area contributed by atoms with Crippen molar-refractivity contribution in [1.82, 2.24) is 20.4 Å². The molecule has 0 unspecified atom stereocenters. The molecule has 1 N–H and O–H groups in total. The Morgan fingerprint density at radius 2 is 1.91 bits per heavy atom. The quantitative estimate of drug-likeness (QED) is 0.526. The monoisotopic (exact) mass is 438 g/mol. The second-order valence-electron chi connectivity index (χ2n) is 7.44. The summed E-state index contributed by atoms with van der Waals surface area (Å²) in [6.07, 6.45) is 2.22. The second-order valence-corrected chi connectivity index (χ2v) is 7.44. The Kier molecular flexibility index (Phi) is 7.19. The van der Waals surface area contributed by atoms with Gasteiger partial charge in [-0.25, -0.2) is 4.98 Å². The highest BCUT2D eigenvalue weighted by atomic mass is 16.6. The number of ether oxygens (including phenoxy) is 2. The van der Waals surface area contributed by atoms with E-state index >= 15 is 0 Å². The van der Waals surface area contributed by atoms with E-state index in [0.717, 1.165) is 16.7 Å². The summed E-state index contributed by atoms with van der Waals surface area (Å²) in [5.41, 5.74) is 2.89. The number of hydrogen-bond acceptors (Lipinski definition) is 8. The Hall–Kier alpha value is -3.75. The number of pyridine rings is 1. The summed E-state index contributed by atoms with van der Waals surface area (Å²) in [7, 11) is 1.42. The Morgan fingerprint density at radius 3 is 2.56 bits per heavy atom. The fraction of sp³-hybridized carbons (Fsp3) is 0.348. The number of nitrogens with zero attached hydrogens (tertiary/aromatic N) is 3. The standard InChI is InChI=1S/C23H26N4O5/c1-6-7-18(28)31-20-17(30-5)8-9-24-19(20)22(29)25-15(4)21-26-23(32-27-21)16-11-13(2)10-14(3)12-16/h8-12,15H,6-7H2,1-5H3,(H,25,29)/t15-/m0/s1. The van der Waals surface area contributed by atoms with Crippen LogP contribution in [0, 0.1) is 13.8 Å². The van der Waals surface area contributed by atoms with Crippen LogP contribution in [-0.4, -0.2) is 34.1 Å². The Balaban J connectivity index is 1.80.